The van der Waals surface area contributed by atoms with Crippen molar-refractivity contribution < 1.29 is 33.4 Å². The van der Waals surface area contributed by atoms with Gasteiger partial charge in [-0.15, -0.1) is 0 Å². The van der Waals surface area contributed by atoms with E-state index in [0.717, 1.165) is 22.3 Å². The van der Waals surface area contributed by atoms with Crippen molar-refractivity contribution in [2.45, 2.75) is 44.4 Å². The van der Waals surface area contributed by atoms with Gasteiger partial charge in [0.05, 0.1) is 4.90 Å². The number of fused-ring (bicyclic) bond motifs is 8. The Morgan fingerprint density at radius 3 is 1.14 bits per heavy atom. The van der Waals surface area contributed by atoms with Crippen molar-refractivity contribution >= 4 is 10.1 Å². The fraction of sp³-hybridized carbons (Fsp3) is 0.167. The van der Waals surface area contributed by atoms with Crippen LogP contribution in [-0.4, -0.2) is 33.4 Å². The van der Waals surface area contributed by atoms with Gasteiger partial charge in [-0.25, -0.2) is 0 Å². The van der Waals surface area contributed by atoms with Crippen LogP contribution < -0.4 is 0 Å². The first kappa shape index (κ1) is 29.3. The summed E-state index contributed by atoms with van der Waals surface area (Å²) in [6.45, 7) is 3.80. The monoisotopic (exact) mass is 608 g/mol. The van der Waals surface area contributed by atoms with Crippen molar-refractivity contribution in [2.24, 2.45) is 0 Å². The molecular weight excluding hydrogens is 576 g/mol. The van der Waals surface area contributed by atoms with Crippen LogP contribution in [0.1, 0.15) is 55.6 Å². The highest BCUT2D eigenvalue weighted by Gasteiger charge is 2.23. The lowest BCUT2D eigenvalue weighted by Gasteiger charge is -2.19. The van der Waals surface area contributed by atoms with Crippen molar-refractivity contribution in [3.63, 3.8) is 0 Å². The van der Waals surface area contributed by atoms with E-state index in [1.54, 1.807) is 12.1 Å². The second-order valence-electron chi connectivity index (χ2n) is 11.6. The molecule has 0 fully saturated rings. The number of rotatable bonds is 2. The first-order chi connectivity index (χ1) is 20.9. The molecule has 44 heavy (non-hydrogen) atoms. The highest BCUT2D eigenvalue weighted by atomic mass is 32.2. The van der Waals surface area contributed by atoms with E-state index in [9.17, 15) is 33.4 Å². The average molecular weight is 609 g/mol. The fourth-order valence-corrected chi connectivity index (χ4v) is 6.78. The Kier molecular flexibility index (Phi) is 7.35. The number of hydrogen-bond donors (Lipinski definition) is 5. The van der Waals surface area contributed by atoms with E-state index < -0.39 is 15.0 Å². The van der Waals surface area contributed by atoms with Crippen LogP contribution in [0.5, 0.6) is 23.0 Å². The summed E-state index contributed by atoms with van der Waals surface area (Å²) in [4.78, 5) is -0.400. The summed E-state index contributed by atoms with van der Waals surface area (Å²) in [6.07, 6.45) is 0.310. The first-order valence-electron chi connectivity index (χ1n) is 14.2. The van der Waals surface area contributed by atoms with Crippen LogP contribution in [0.3, 0.4) is 0 Å². The minimum absolute atomic E-state index is 0.0290. The molecule has 0 heterocycles. The quantitative estimate of drug-likeness (QED) is 0.138. The molecule has 1 aliphatic rings. The molecule has 0 saturated heterocycles. The Labute approximate surface area is 256 Å². The third-order valence-electron chi connectivity index (χ3n) is 8.26. The zero-order valence-electron chi connectivity index (χ0n) is 24.3. The molecule has 5 aromatic carbocycles. The molecule has 6 rings (SSSR count). The summed E-state index contributed by atoms with van der Waals surface area (Å²) in [6, 6.07) is 22.9. The smallest absolute Gasteiger partial charge is 0.294 e. The Hall–Kier alpha value is -4.79. The van der Waals surface area contributed by atoms with E-state index in [2.05, 4.69) is 0 Å². The Morgan fingerprint density at radius 2 is 0.795 bits per heavy atom. The normalized spacial score (nSPS) is 13.1. The number of aryl methyl sites for hydroxylation is 2. The zero-order valence-corrected chi connectivity index (χ0v) is 25.1. The average Bonchev–Trinajstić information content (AvgIpc) is 2.96. The van der Waals surface area contributed by atoms with Crippen LogP contribution in [0.4, 0.5) is 0 Å². The molecule has 0 aliphatic heterocycles. The summed E-state index contributed by atoms with van der Waals surface area (Å²) in [7, 11) is -4.65. The lowest BCUT2D eigenvalue weighted by atomic mass is 9.88. The third kappa shape index (κ3) is 5.62. The van der Waals surface area contributed by atoms with E-state index in [-0.39, 0.29) is 59.8 Å². The molecule has 5 aromatic rings. The summed E-state index contributed by atoms with van der Waals surface area (Å²) < 4.78 is 34.7. The zero-order chi connectivity index (χ0) is 31.3. The molecule has 0 aromatic heterocycles. The van der Waals surface area contributed by atoms with Gasteiger partial charge in [0.25, 0.3) is 10.1 Å². The van der Waals surface area contributed by atoms with Crippen LogP contribution in [-0.2, 0) is 35.8 Å². The molecule has 0 amide bonds. The van der Waals surface area contributed by atoms with Crippen LogP contribution in [0, 0.1) is 13.8 Å². The summed E-state index contributed by atoms with van der Waals surface area (Å²) >= 11 is 0. The third-order valence-corrected chi connectivity index (χ3v) is 9.09. The van der Waals surface area contributed by atoms with Gasteiger partial charge in [0, 0.05) is 36.8 Å². The summed E-state index contributed by atoms with van der Waals surface area (Å²) in [5.74, 6) is -0.192. The first-order valence-corrected chi connectivity index (χ1v) is 15.7. The molecule has 7 nitrogen and oxygen atoms in total. The molecule has 0 radical (unpaired) electrons. The second kappa shape index (κ2) is 11.0. The van der Waals surface area contributed by atoms with Gasteiger partial charge in [-0.1, -0.05) is 65.7 Å². The van der Waals surface area contributed by atoms with E-state index in [4.69, 9.17) is 0 Å². The Bertz CT molecular complexity index is 2050. The van der Waals surface area contributed by atoms with Crippen molar-refractivity contribution in [1.82, 2.24) is 0 Å². The minimum Gasteiger partial charge on any atom is -0.507 e. The van der Waals surface area contributed by atoms with Crippen molar-refractivity contribution in [3.05, 3.63) is 134 Å². The predicted molar refractivity (Wildman–Crippen MR) is 168 cm³/mol. The molecule has 8 heteroatoms. The van der Waals surface area contributed by atoms with Crippen LogP contribution in [0.2, 0.25) is 0 Å². The molecule has 224 valence electrons. The summed E-state index contributed by atoms with van der Waals surface area (Å²) in [5, 5.41) is 45.8. The Balaban J connectivity index is 1.65. The topological polar surface area (TPSA) is 135 Å². The molecule has 0 spiro atoms. The van der Waals surface area contributed by atoms with Crippen LogP contribution >= 0.6 is 0 Å². The van der Waals surface area contributed by atoms with Crippen molar-refractivity contribution in [1.29, 1.82) is 0 Å². The van der Waals surface area contributed by atoms with Crippen LogP contribution in [0.15, 0.2) is 83.8 Å². The van der Waals surface area contributed by atoms with Crippen LogP contribution in [0.25, 0.3) is 11.1 Å². The molecule has 5 N–H and O–H groups in total. The van der Waals surface area contributed by atoms with Gasteiger partial charge in [0.2, 0.25) is 0 Å². The van der Waals surface area contributed by atoms with E-state index >= 15 is 0 Å². The highest BCUT2D eigenvalue weighted by Crippen LogP contribution is 2.40. The van der Waals surface area contributed by atoms with Gasteiger partial charge in [-0.05, 0) is 82.6 Å². The highest BCUT2D eigenvalue weighted by molar-refractivity contribution is 7.85. The molecular formula is C36H32O7S. The molecule has 0 atom stereocenters. The summed E-state index contributed by atoms with van der Waals surface area (Å²) in [5.41, 5.74) is 6.98. The van der Waals surface area contributed by atoms with Gasteiger partial charge in [-0.3, -0.25) is 4.55 Å². The number of phenolic OH excluding ortho intramolecular Hbond substituents is 4. The molecule has 8 bridgehead atoms. The fourth-order valence-electron chi connectivity index (χ4n) is 6.20. The van der Waals surface area contributed by atoms with Gasteiger partial charge in [-0.2, -0.15) is 8.42 Å². The second-order valence-corrected chi connectivity index (χ2v) is 13.1. The van der Waals surface area contributed by atoms with Crippen molar-refractivity contribution in [3.8, 4) is 34.1 Å². The van der Waals surface area contributed by atoms with E-state index in [1.165, 1.54) is 12.1 Å². The number of phenols is 4. The maximum absolute atomic E-state index is 12.3. The maximum atomic E-state index is 12.3. The van der Waals surface area contributed by atoms with Gasteiger partial charge in [0.1, 0.15) is 23.0 Å². The maximum Gasteiger partial charge on any atom is 0.294 e. The predicted octanol–water partition coefficient (Wildman–Crippen LogP) is 6.72. The van der Waals surface area contributed by atoms with Crippen molar-refractivity contribution in [2.75, 3.05) is 0 Å². The van der Waals surface area contributed by atoms with Gasteiger partial charge in [0.15, 0.2) is 0 Å². The largest absolute Gasteiger partial charge is 0.507 e. The molecule has 1 aliphatic carbocycles. The van der Waals surface area contributed by atoms with E-state index in [0.29, 0.717) is 33.4 Å². The number of aromatic hydroxyl groups is 4. The lowest BCUT2D eigenvalue weighted by molar-refractivity contribution is 0.450. The standard InChI is InChI=1S/C36H32O7S/c1-20-8-24-14-25-9-21(2)11-27(34(25)38)16-30-18-32(44(41,42)43)19-31(36(30)40)17-29-13-23(22-6-4-3-5-7-22)12-28(35(29)39)15-26(10-20)33(24)37/h3-13,18-19,37-40H,14-17H2,1-2H3,(H,41,42,43). The lowest BCUT2D eigenvalue weighted by Crippen LogP contribution is -2.05. The van der Waals surface area contributed by atoms with E-state index in [1.807, 2.05) is 68.4 Å². The minimum atomic E-state index is -4.65. The SMILES string of the molecule is Cc1cc2c(O)c(c1)Cc1cc(-c3ccccc3)cc(c1O)Cc1cc(S(=O)(=O)O)cc(c1O)Cc1cc(C)cc(c1O)C2. The Morgan fingerprint density at radius 1 is 0.477 bits per heavy atom. The molecule has 0 unspecified atom stereocenters. The van der Waals surface area contributed by atoms with Gasteiger partial charge >= 0.3 is 0 Å². The number of benzene rings is 5. The van der Waals surface area contributed by atoms with Gasteiger partial charge < -0.3 is 20.4 Å². The number of hydrogen-bond acceptors (Lipinski definition) is 6. The molecule has 0 saturated carbocycles.